The number of hydrogen-bond donors (Lipinski definition) is 0. The van der Waals surface area contributed by atoms with Crippen molar-refractivity contribution >= 4 is 7.69 Å². The van der Waals surface area contributed by atoms with Gasteiger partial charge in [0.15, 0.2) is 0 Å². The van der Waals surface area contributed by atoms with Crippen molar-refractivity contribution in [1.29, 1.82) is 0 Å². The van der Waals surface area contributed by atoms with Crippen LogP contribution in [0.1, 0.15) is 18.9 Å². The van der Waals surface area contributed by atoms with Gasteiger partial charge >= 0.3 is 7.69 Å². The van der Waals surface area contributed by atoms with E-state index in [1.807, 2.05) is 12.1 Å². The van der Waals surface area contributed by atoms with Gasteiger partial charge in [-0.1, -0.05) is 25.5 Å². The molecule has 0 radical (unpaired) electrons. The summed E-state index contributed by atoms with van der Waals surface area (Å²) in [5, 5.41) is 0. The van der Waals surface area contributed by atoms with Gasteiger partial charge in [0.25, 0.3) is 0 Å². The molecule has 0 aliphatic carbocycles. The van der Waals surface area contributed by atoms with E-state index in [4.69, 9.17) is 9.31 Å². The first-order chi connectivity index (χ1) is 5.92. The van der Waals surface area contributed by atoms with E-state index in [0.717, 1.165) is 24.3 Å². The lowest BCUT2D eigenvalue weighted by atomic mass is 10.1. The van der Waals surface area contributed by atoms with Crippen LogP contribution in [0, 0.1) is 0 Å². The highest BCUT2D eigenvalue weighted by Crippen LogP contribution is 2.34. The summed E-state index contributed by atoms with van der Waals surface area (Å²) in [5.41, 5.74) is 1.26. The highest BCUT2D eigenvalue weighted by atomic mass is 16.6. The van der Waals surface area contributed by atoms with Gasteiger partial charge in [0.1, 0.15) is 11.5 Å². The monoisotopic (exact) mass is 162 g/mol. The molecule has 2 nitrogen and oxygen atoms in total. The average molecular weight is 162 g/mol. The van der Waals surface area contributed by atoms with E-state index in [9.17, 15) is 0 Å². The van der Waals surface area contributed by atoms with Crippen LogP contribution >= 0.6 is 0 Å². The van der Waals surface area contributed by atoms with Crippen molar-refractivity contribution in [3.05, 3.63) is 23.8 Å². The van der Waals surface area contributed by atoms with Crippen LogP contribution in [-0.2, 0) is 6.42 Å². The fourth-order valence-electron chi connectivity index (χ4n) is 1.46. The molecular formula is C9H11BO2. The van der Waals surface area contributed by atoms with E-state index in [-0.39, 0.29) is 0 Å². The molecule has 12 heavy (non-hydrogen) atoms. The topological polar surface area (TPSA) is 18.5 Å². The zero-order valence-electron chi connectivity index (χ0n) is 7.17. The quantitative estimate of drug-likeness (QED) is 0.615. The molecule has 0 fully saturated rings. The van der Waals surface area contributed by atoms with Crippen LogP contribution in [0.5, 0.6) is 11.5 Å². The van der Waals surface area contributed by atoms with Crippen LogP contribution in [0.3, 0.4) is 0 Å². The van der Waals surface area contributed by atoms with Gasteiger partial charge < -0.3 is 9.31 Å². The third-order valence-electron chi connectivity index (χ3n) is 2.00. The number of hydrogen-bond acceptors (Lipinski definition) is 2. The third-order valence-corrected chi connectivity index (χ3v) is 2.00. The van der Waals surface area contributed by atoms with Crippen LogP contribution < -0.4 is 9.31 Å². The van der Waals surface area contributed by atoms with Crippen LogP contribution in [0.15, 0.2) is 18.2 Å². The largest absolute Gasteiger partial charge is 0.576 e. The van der Waals surface area contributed by atoms with Gasteiger partial charge in [-0.25, -0.2) is 0 Å². The number of fused-ring (bicyclic) bond motifs is 1. The molecule has 1 heterocycles. The molecule has 1 aliphatic rings. The van der Waals surface area contributed by atoms with E-state index < -0.39 is 0 Å². The highest BCUT2D eigenvalue weighted by Gasteiger charge is 2.17. The van der Waals surface area contributed by atoms with Gasteiger partial charge in [-0.15, -0.1) is 0 Å². The van der Waals surface area contributed by atoms with Gasteiger partial charge in [-0.3, -0.25) is 0 Å². The second kappa shape index (κ2) is 3.09. The Balaban J connectivity index is 2.36. The standard InChI is InChI=1S/C9H11BO2/c1-2-4-7-5-3-6-8-9(7)12-10-11-8/h3,5-6,10H,2,4H2,1H3. The van der Waals surface area contributed by atoms with Crippen molar-refractivity contribution in [2.24, 2.45) is 0 Å². The van der Waals surface area contributed by atoms with Gasteiger partial charge in [0.2, 0.25) is 0 Å². The molecule has 0 saturated carbocycles. The third kappa shape index (κ3) is 1.15. The molecule has 1 aliphatic heterocycles. The van der Waals surface area contributed by atoms with Crippen molar-refractivity contribution in [2.75, 3.05) is 0 Å². The number of aryl methyl sites for hydroxylation is 1. The second-order valence-electron chi connectivity index (χ2n) is 2.90. The minimum absolute atomic E-state index is 0.371. The summed E-state index contributed by atoms with van der Waals surface area (Å²) in [5.74, 6) is 1.83. The van der Waals surface area contributed by atoms with Crippen molar-refractivity contribution < 1.29 is 9.31 Å². The van der Waals surface area contributed by atoms with Crippen molar-refractivity contribution in [3.8, 4) is 11.5 Å². The van der Waals surface area contributed by atoms with Crippen molar-refractivity contribution in [3.63, 3.8) is 0 Å². The molecule has 0 aromatic heterocycles. The Morgan fingerprint density at radius 2 is 2.25 bits per heavy atom. The van der Waals surface area contributed by atoms with Crippen molar-refractivity contribution in [2.45, 2.75) is 19.8 Å². The first kappa shape index (κ1) is 7.53. The maximum atomic E-state index is 5.36. The van der Waals surface area contributed by atoms with E-state index in [1.165, 1.54) is 5.56 Å². The van der Waals surface area contributed by atoms with Crippen LogP contribution in [0.25, 0.3) is 0 Å². The normalized spacial score (nSPS) is 12.8. The summed E-state index contributed by atoms with van der Waals surface area (Å²) in [6.07, 6.45) is 2.20. The first-order valence-electron chi connectivity index (χ1n) is 4.29. The summed E-state index contributed by atoms with van der Waals surface area (Å²) in [6.45, 7) is 2.16. The fraction of sp³-hybridized carbons (Fsp3) is 0.333. The Bertz CT molecular complexity index is 286. The number of rotatable bonds is 2. The lowest BCUT2D eigenvalue weighted by Gasteiger charge is -2.04. The predicted octanol–water partition coefficient (Wildman–Crippen LogP) is 1.68. The second-order valence-corrected chi connectivity index (χ2v) is 2.90. The van der Waals surface area contributed by atoms with E-state index in [1.54, 1.807) is 0 Å². The van der Waals surface area contributed by atoms with Gasteiger partial charge in [0, 0.05) is 0 Å². The predicted molar refractivity (Wildman–Crippen MR) is 48.8 cm³/mol. The molecule has 0 unspecified atom stereocenters. The summed E-state index contributed by atoms with van der Waals surface area (Å²) in [6, 6.07) is 6.05. The molecule has 2 rings (SSSR count). The SMILES string of the molecule is CCCc1cccc2c1OBO2. The smallest absolute Gasteiger partial charge is 0.526 e. The minimum atomic E-state index is 0.371. The van der Waals surface area contributed by atoms with E-state index in [2.05, 4.69) is 13.0 Å². The number of benzene rings is 1. The average Bonchev–Trinajstić information content (AvgIpc) is 2.53. The lowest BCUT2D eigenvalue weighted by molar-refractivity contribution is 0.539. The van der Waals surface area contributed by atoms with Crippen molar-refractivity contribution in [1.82, 2.24) is 0 Å². The molecular weight excluding hydrogens is 151 g/mol. The summed E-state index contributed by atoms with van der Waals surface area (Å²) < 4.78 is 10.6. The van der Waals surface area contributed by atoms with Gasteiger partial charge in [-0.05, 0) is 18.1 Å². The summed E-state index contributed by atoms with van der Waals surface area (Å²) >= 11 is 0. The maximum Gasteiger partial charge on any atom is 0.576 e. The maximum absolute atomic E-state index is 5.36. The Kier molecular flexibility index (Phi) is 1.94. The molecule has 0 saturated heterocycles. The molecule has 1 aromatic rings. The lowest BCUT2D eigenvalue weighted by Crippen LogP contribution is -2.00. The van der Waals surface area contributed by atoms with Gasteiger partial charge in [0.05, 0.1) is 0 Å². The molecule has 3 heteroatoms. The van der Waals surface area contributed by atoms with E-state index >= 15 is 0 Å². The molecule has 0 amide bonds. The molecule has 0 spiro atoms. The summed E-state index contributed by atoms with van der Waals surface area (Å²) in [4.78, 5) is 0. The molecule has 0 N–H and O–H groups in total. The first-order valence-corrected chi connectivity index (χ1v) is 4.29. The fourth-order valence-corrected chi connectivity index (χ4v) is 1.46. The summed E-state index contributed by atoms with van der Waals surface area (Å²) in [7, 11) is 0.371. The van der Waals surface area contributed by atoms with Gasteiger partial charge in [-0.2, -0.15) is 0 Å². The molecule has 1 aromatic carbocycles. The van der Waals surface area contributed by atoms with E-state index in [0.29, 0.717) is 7.69 Å². The zero-order chi connectivity index (χ0) is 8.39. The number of para-hydroxylation sites is 1. The van der Waals surface area contributed by atoms with Crippen LogP contribution in [-0.4, -0.2) is 7.69 Å². The Hall–Kier alpha value is -1.12. The molecule has 62 valence electrons. The van der Waals surface area contributed by atoms with Crippen LogP contribution in [0.2, 0.25) is 0 Å². The molecule has 0 atom stereocenters. The highest BCUT2D eigenvalue weighted by molar-refractivity contribution is 6.23. The molecule has 0 bridgehead atoms. The Morgan fingerprint density at radius 3 is 3.08 bits per heavy atom. The zero-order valence-corrected chi connectivity index (χ0v) is 7.17. The minimum Gasteiger partial charge on any atom is -0.526 e. The van der Waals surface area contributed by atoms with Crippen LogP contribution in [0.4, 0.5) is 0 Å². The Morgan fingerprint density at radius 1 is 1.33 bits per heavy atom. The Labute approximate surface area is 72.8 Å².